The van der Waals surface area contributed by atoms with Crippen LogP contribution in [0.3, 0.4) is 0 Å². The lowest BCUT2D eigenvalue weighted by molar-refractivity contribution is 0.212. The third-order valence-electron chi connectivity index (χ3n) is 6.01. The van der Waals surface area contributed by atoms with Gasteiger partial charge < -0.3 is 9.47 Å². The van der Waals surface area contributed by atoms with Crippen LogP contribution in [0.4, 0.5) is 0 Å². The molecule has 3 rings (SSSR count). The van der Waals surface area contributed by atoms with Gasteiger partial charge in [0.05, 0.1) is 14.2 Å². The van der Waals surface area contributed by atoms with Crippen molar-refractivity contribution < 1.29 is 26.3 Å². The summed E-state index contributed by atoms with van der Waals surface area (Å²) in [7, 11) is -4.88. The first-order chi connectivity index (χ1) is 15.6. The van der Waals surface area contributed by atoms with Gasteiger partial charge in [-0.3, -0.25) is 0 Å². The molecule has 1 aliphatic heterocycles. The van der Waals surface area contributed by atoms with Crippen LogP contribution in [0.15, 0.2) is 46.2 Å². The highest BCUT2D eigenvalue weighted by Crippen LogP contribution is 2.33. The fourth-order valence-electron chi connectivity index (χ4n) is 4.03. The summed E-state index contributed by atoms with van der Waals surface area (Å²) in [5, 5.41) is 0. The number of hydrogen-bond donors (Lipinski definition) is 0. The van der Waals surface area contributed by atoms with Crippen LogP contribution in [0.25, 0.3) is 0 Å². The molecular formula is C23H32N2O6S2. The minimum atomic E-state index is -3.88. The first-order valence-electron chi connectivity index (χ1n) is 11.0. The van der Waals surface area contributed by atoms with Gasteiger partial charge in [-0.05, 0) is 55.2 Å². The minimum absolute atomic E-state index is 0.0385. The number of hydrogen-bond acceptors (Lipinski definition) is 6. The summed E-state index contributed by atoms with van der Waals surface area (Å²) in [5.74, 6) is 0.548. The Morgan fingerprint density at radius 2 is 1.30 bits per heavy atom. The summed E-state index contributed by atoms with van der Waals surface area (Å²) >= 11 is 0. The van der Waals surface area contributed by atoms with Crippen molar-refractivity contribution in [3.63, 3.8) is 0 Å². The smallest absolute Gasteiger partial charge is 0.247 e. The SMILES string of the molecule is CCc1ccc(OC)c(S(=O)(=O)N2CCN(S(=O)(=O)c3cc(CC)ccc3OC)[C@@H](C)C2)c1. The number of methoxy groups -OCH3 is 2. The molecule has 1 aliphatic rings. The molecule has 0 radical (unpaired) electrons. The molecule has 1 fully saturated rings. The standard InChI is InChI=1S/C23H32N2O6S2/c1-6-18-8-10-20(30-4)22(14-18)32(26,27)24-12-13-25(17(3)16-24)33(28,29)23-15-19(7-2)9-11-21(23)31-5/h8-11,14-15,17H,6-7,12-13,16H2,1-5H3/t17-/m0/s1. The Hall–Kier alpha value is -2.14. The van der Waals surface area contributed by atoms with Gasteiger partial charge in [-0.1, -0.05) is 26.0 Å². The quantitative estimate of drug-likeness (QED) is 0.558. The van der Waals surface area contributed by atoms with Crippen molar-refractivity contribution in [3.8, 4) is 11.5 Å². The number of nitrogens with zero attached hydrogens (tertiary/aromatic N) is 2. The van der Waals surface area contributed by atoms with Crippen LogP contribution in [0.1, 0.15) is 31.9 Å². The maximum atomic E-state index is 13.5. The van der Waals surface area contributed by atoms with Gasteiger partial charge in [0.25, 0.3) is 0 Å². The van der Waals surface area contributed by atoms with E-state index in [1.165, 1.54) is 22.8 Å². The molecular weight excluding hydrogens is 464 g/mol. The fraction of sp³-hybridized carbons (Fsp3) is 0.478. The average molecular weight is 497 g/mol. The van der Waals surface area contributed by atoms with E-state index in [2.05, 4.69) is 0 Å². The van der Waals surface area contributed by atoms with Gasteiger partial charge in [0, 0.05) is 25.7 Å². The highest BCUT2D eigenvalue weighted by Gasteiger charge is 2.40. The monoisotopic (exact) mass is 496 g/mol. The van der Waals surface area contributed by atoms with E-state index in [-0.39, 0.29) is 40.9 Å². The fourth-order valence-corrected chi connectivity index (χ4v) is 7.57. The van der Waals surface area contributed by atoms with Crippen molar-refractivity contribution in [1.29, 1.82) is 0 Å². The molecule has 1 atom stereocenters. The summed E-state index contributed by atoms with van der Waals surface area (Å²) in [6.45, 7) is 5.74. The maximum absolute atomic E-state index is 13.5. The molecule has 0 aromatic heterocycles. The van der Waals surface area contributed by atoms with Crippen LogP contribution in [0, 0.1) is 0 Å². The van der Waals surface area contributed by atoms with E-state index >= 15 is 0 Å². The van der Waals surface area contributed by atoms with Crippen LogP contribution in [-0.2, 0) is 32.9 Å². The Morgan fingerprint density at radius 1 is 0.818 bits per heavy atom. The lowest BCUT2D eigenvalue weighted by Crippen LogP contribution is -2.55. The van der Waals surface area contributed by atoms with E-state index in [0.29, 0.717) is 12.8 Å². The van der Waals surface area contributed by atoms with E-state index < -0.39 is 26.1 Å². The zero-order valence-corrected chi connectivity index (χ0v) is 21.4. The van der Waals surface area contributed by atoms with Crippen LogP contribution in [0.5, 0.6) is 11.5 Å². The minimum Gasteiger partial charge on any atom is -0.495 e. The summed E-state index contributed by atoms with van der Waals surface area (Å²) < 4.78 is 67.2. The van der Waals surface area contributed by atoms with Crippen molar-refractivity contribution in [1.82, 2.24) is 8.61 Å². The summed E-state index contributed by atoms with van der Waals surface area (Å²) in [4.78, 5) is 0.204. The summed E-state index contributed by atoms with van der Waals surface area (Å²) in [6.07, 6.45) is 1.38. The predicted octanol–water partition coefficient (Wildman–Crippen LogP) is 2.91. The molecule has 10 heteroatoms. The lowest BCUT2D eigenvalue weighted by atomic mass is 10.2. The van der Waals surface area contributed by atoms with E-state index in [4.69, 9.17) is 9.47 Å². The Kier molecular flexibility index (Phi) is 7.73. The summed E-state index contributed by atoms with van der Waals surface area (Å²) in [5.41, 5.74) is 1.76. The van der Waals surface area contributed by atoms with Crippen LogP contribution >= 0.6 is 0 Å². The second-order valence-corrected chi connectivity index (χ2v) is 11.8. The van der Waals surface area contributed by atoms with Crippen LogP contribution in [0.2, 0.25) is 0 Å². The molecule has 2 aromatic rings. The zero-order chi connectivity index (χ0) is 24.4. The molecule has 0 aliphatic carbocycles. The van der Waals surface area contributed by atoms with Gasteiger partial charge in [0.15, 0.2) is 0 Å². The first-order valence-corrected chi connectivity index (χ1v) is 13.8. The molecule has 0 saturated carbocycles. The molecule has 2 aromatic carbocycles. The lowest BCUT2D eigenvalue weighted by Gasteiger charge is -2.38. The second-order valence-electron chi connectivity index (χ2n) is 8.01. The Labute approximate surface area is 197 Å². The number of sulfonamides is 2. The molecule has 1 saturated heterocycles. The third-order valence-corrected chi connectivity index (χ3v) is 9.93. The van der Waals surface area contributed by atoms with Crippen molar-refractivity contribution >= 4 is 20.0 Å². The van der Waals surface area contributed by atoms with Crippen LogP contribution in [-0.4, -0.2) is 65.3 Å². The van der Waals surface area contributed by atoms with Gasteiger partial charge in [0.1, 0.15) is 21.3 Å². The normalized spacial score (nSPS) is 18.3. The molecule has 0 N–H and O–H groups in total. The highest BCUT2D eigenvalue weighted by atomic mass is 32.2. The Balaban J connectivity index is 1.91. The summed E-state index contributed by atoms with van der Waals surface area (Å²) in [6, 6.07) is 9.68. The molecule has 0 spiro atoms. The molecule has 33 heavy (non-hydrogen) atoms. The van der Waals surface area contributed by atoms with Gasteiger partial charge >= 0.3 is 0 Å². The molecule has 182 valence electrons. The van der Waals surface area contributed by atoms with E-state index in [9.17, 15) is 16.8 Å². The van der Waals surface area contributed by atoms with Crippen LogP contribution < -0.4 is 9.47 Å². The Morgan fingerprint density at radius 3 is 1.73 bits per heavy atom. The largest absolute Gasteiger partial charge is 0.495 e. The molecule has 0 amide bonds. The highest BCUT2D eigenvalue weighted by molar-refractivity contribution is 7.89. The number of rotatable bonds is 8. The van der Waals surface area contributed by atoms with Crippen molar-refractivity contribution in [2.24, 2.45) is 0 Å². The van der Waals surface area contributed by atoms with Gasteiger partial charge in [0.2, 0.25) is 20.0 Å². The van der Waals surface area contributed by atoms with Crippen molar-refractivity contribution in [2.45, 2.75) is 49.4 Å². The number of benzene rings is 2. The molecule has 1 heterocycles. The topological polar surface area (TPSA) is 93.2 Å². The van der Waals surface area contributed by atoms with Crippen molar-refractivity contribution in [2.75, 3.05) is 33.9 Å². The second kappa shape index (κ2) is 10.0. The number of ether oxygens (including phenoxy) is 2. The average Bonchev–Trinajstić information content (AvgIpc) is 2.82. The predicted molar refractivity (Wildman–Crippen MR) is 127 cm³/mol. The van der Waals surface area contributed by atoms with E-state index in [1.54, 1.807) is 31.2 Å². The van der Waals surface area contributed by atoms with E-state index in [0.717, 1.165) is 11.1 Å². The first kappa shape index (κ1) is 25.5. The van der Waals surface area contributed by atoms with Crippen molar-refractivity contribution in [3.05, 3.63) is 47.5 Å². The number of piperazine rings is 1. The Bertz CT molecular complexity index is 1210. The van der Waals surface area contributed by atoms with Gasteiger partial charge in [-0.15, -0.1) is 0 Å². The van der Waals surface area contributed by atoms with Gasteiger partial charge in [-0.25, -0.2) is 16.8 Å². The molecule has 0 unspecified atom stereocenters. The third kappa shape index (κ3) is 4.89. The molecule has 0 bridgehead atoms. The molecule has 8 nitrogen and oxygen atoms in total. The van der Waals surface area contributed by atoms with Gasteiger partial charge in [-0.2, -0.15) is 8.61 Å². The maximum Gasteiger partial charge on any atom is 0.247 e. The zero-order valence-electron chi connectivity index (χ0n) is 19.7. The number of aryl methyl sites for hydroxylation is 2. The van der Waals surface area contributed by atoms with E-state index in [1.807, 2.05) is 26.0 Å².